The normalized spacial score (nSPS) is 25.1. The first-order valence-corrected chi connectivity index (χ1v) is 7.64. The number of nitrogens with one attached hydrogen (secondary N) is 1. The third kappa shape index (κ3) is 5.39. The summed E-state index contributed by atoms with van der Waals surface area (Å²) < 4.78 is 0. The van der Waals surface area contributed by atoms with E-state index in [-0.39, 0.29) is 0 Å². The van der Waals surface area contributed by atoms with Crippen LogP contribution in [0.2, 0.25) is 0 Å². The zero-order valence-electron chi connectivity index (χ0n) is 12.3. The van der Waals surface area contributed by atoms with Crippen molar-refractivity contribution in [2.75, 3.05) is 19.6 Å². The lowest BCUT2D eigenvalue weighted by Gasteiger charge is -2.27. The molecule has 0 aliphatic carbocycles. The van der Waals surface area contributed by atoms with Crippen molar-refractivity contribution in [1.29, 1.82) is 0 Å². The Morgan fingerprint density at radius 3 is 2.65 bits per heavy atom. The van der Waals surface area contributed by atoms with Crippen LogP contribution in [0.4, 0.5) is 0 Å². The molecule has 102 valence electrons. The molecule has 0 aromatic heterocycles. The van der Waals surface area contributed by atoms with Crippen molar-refractivity contribution < 1.29 is 0 Å². The standard InChI is InChI=1S/C15H32N2/c1-5-7-15-8-10-17(12-15)14(4)11-13(3)16-9-6-2/h13-16H,5-12H2,1-4H3. The summed E-state index contributed by atoms with van der Waals surface area (Å²) in [6.07, 6.45) is 6.73. The lowest BCUT2D eigenvalue weighted by molar-refractivity contribution is 0.221. The van der Waals surface area contributed by atoms with Gasteiger partial charge in [0, 0.05) is 18.6 Å². The van der Waals surface area contributed by atoms with Gasteiger partial charge in [0.05, 0.1) is 0 Å². The molecule has 2 nitrogen and oxygen atoms in total. The van der Waals surface area contributed by atoms with Crippen molar-refractivity contribution in [3.05, 3.63) is 0 Å². The van der Waals surface area contributed by atoms with Crippen molar-refractivity contribution in [2.24, 2.45) is 5.92 Å². The van der Waals surface area contributed by atoms with Gasteiger partial charge in [-0.25, -0.2) is 0 Å². The molecule has 3 unspecified atom stereocenters. The fourth-order valence-electron chi connectivity index (χ4n) is 3.04. The van der Waals surface area contributed by atoms with Crippen LogP contribution in [0.5, 0.6) is 0 Å². The van der Waals surface area contributed by atoms with E-state index in [2.05, 4.69) is 37.9 Å². The minimum Gasteiger partial charge on any atom is -0.314 e. The van der Waals surface area contributed by atoms with Crippen molar-refractivity contribution in [1.82, 2.24) is 10.2 Å². The highest BCUT2D eigenvalue weighted by Crippen LogP contribution is 2.23. The smallest absolute Gasteiger partial charge is 0.00817 e. The Labute approximate surface area is 108 Å². The van der Waals surface area contributed by atoms with Crippen LogP contribution >= 0.6 is 0 Å². The topological polar surface area (TPSA) is 15.3 Å². The van der Waals surface area contributed by atoms with E-state index in [1.807, 2.05) is 0 Å². The molecule has 17 heavy (non-hydrogen) atoms. The van der Waals surface area contributed by atoms with Gasteiger partial charge in [-0.3, -0.25) is 0 Å². The van der Waals surface area contributed by atoms with Crippen LogP contribution in [0.1, 0.15) is 59.8 Å². The molecule has 1 N–H and O–H groups in total. The summed E-state index contributed by atoms with van der Waals surface area (Å²) >= 11 is 0. The van der Waals surface area contributed by atoms with Crippen LogP contribution in [0.15, 0.2) is 0 Å². The number of hydrogen-bond donors (Lipinski definition) is 1. The highest BCUT2D eigenvalue weighted by atomic mass is 15.2. The molecule has 2 heteroatoms. The van der Waals surface area contributed by atoms with E-state index in [0.717, 1.165) is 18.5 Å². The second kappa shape index (κ2) is 8.10. The van der Waals surface area contributed by atoms with Crippen LogP contribution in [-0.4, -0.2) is 36.6 Å². The molecule has 0 radical (unpaired) electrons. The van der Waals surface area contributed by atoms with E-state index in [9.17, 15) is 0 Å². The van der Waals surface area contributed by atoms with Gasteiger partial charge in [-0.05, 0) is 58.5 Å². The predicted octanol–water partition coefficient (Wildman–Crippen LogP) is 3.28. The lowest BCUT2D eigenvalue weighted by Crippen LogP contribution is -2.37. The van der Waals surface area contributed by atoms with Gasteiger partial charge in [0.2, 0.25) is 0 Å². The zero-order chi connectivity index (χ0) is 12.7. The number of rotatable bonds is 8. The molecule has 1 rings (SSSR count). The number of likely N-dealkylation sites (tertiary alicyclic amines) is 1. The third-order valence-electron chi connectivity index (χ3n) is 4.08. The Morgan fingerprint density at radius 1 is 1.24 bits per heavy atom. The van der Waals surface area contributed by atoms with E-state index in [1.54, 1.807) is 0 Å². The molecule has 0 aromatic rings. The molecule has 1 aliphatic heterocycles. The highest BCUT2D eigenvalue weighted by molar-refractivity contribution is 4.81. The van der Waals surface area contributed by atoms with Crippen molar-refractivity contribution in [2.45, 2.75) is 71.9 Å². The van der Waals surface area contributed by atoms with Gasteiger partial charge in [0.15, 0.2) is 0 Å². The number of nitrogens with zero attached hydrogens (tertiary/aromatic N) is 1. The summed E-state index contributed by atoms with van der Waals surface area (Å²) in [6.45, 7) is 13.1. The summed E-state index contributed by atoms with van der Waals surface area (Å²) in [5, 5.41) is 3.60. The monoisotopic (exact) mass is 240 g/mol. The zero-order valence-corrected chi connectivity index (χ0v) is 12.3. The average molecular weight is 240 g/mol. The molecule has 0 spiro atoms. The molecular weight excluding hydrogens is 208 g/mol. The summed E-state index contributed by atoms with van der Waals surface area (Å²) in [5.74, 6) is 0.973. The van der Waals surface area contributed by atoms with Crippen LogP contribution in [0.25, 0.3) is 0 Å². The maximum atomic E-state index is 3.60. The molecule has 0 aromatic carbocycles. The van der Waals surface area contributed by atoms with E-state index < -0.39 is 0 Å². The lowest BCUT2D eigenvalue weighted by atomic mass is 10.0. The number of hydrogen-bond acceptors (Lipinski definition) is 2. The quantitative estimate of drug-likeness (QED) is 0.700. The Bertz CT molecular complexity index is 193. The molecule has 1 aliphatic rings. The van der Waals surface area contributed by atoms with Crippen LogP contribution in [0.3, 0.4) is 0 Å². The summed E-state index contributed by atoms with van der Waals surface area (Å²) in [5.41, 5.74) is 0. The molecule has 0 bridgehead atoms. The van der Waals surface area contributed by atoms with E-state index in [0.29, 0.717) is 6.04 Å². The maximum Gasteiger partial charge on any atom is 0.00817 e. The average Bonchev–Trinajstić information content (AvgIpc) is 2.75. The second-order valence-corrected chi connectivity index (χ2v) is 5.88. The minimum absolute atomic E-state index is 0.662. The summed E-state index contributed by atoms with van der Waals surface area (Å²) in [6, 6.07) is 1.41. The van der Waals surface area contributed by atoms with E-state index in [4.69, 9.17) is 0 Å². The largest absolute Gasteiger partial charge is 0.314 e. The Balaban J connectivity index is 2.21. The molecular formula is C15H32N2. The summed E-state index contributed by atoms with van der Waals surface area (Å²) in [7, 11) is 0. The summed E-state index contributed by atoms with van der Waals surface area (Å²) in [4.78, 5) is 2.70. The van der Waals surface area contributed by atoms with E-state index >= 15 is 0 Å². The van der Waals surface area contributed by atoms with Crippen molar-refractivity contribution >= 4 is 0 Å². The van der Waals surface area contributed by atoms with Crippen molar-refractivity contribution in [3.8, 4) is 0 Å². The Kier molecular flexibility index (Phi) is 7.14. The van der Waals surface area contributed by atoms with Gasteiger partial charge in [-0.15, -0.1) is 0 Å². The van der Waals surface area contributed by atoms with Crippen LogP contribution in [-0.2, 0) is 0 Å². The Morgan fingerprint density at radius 2 is 2.00 bits per heavy atom. The first-order valence-electron chi connectivity index (χ1n) is 7.64. The van der Waals surface area contributed by atoms with Crippen LogP contribution in [0, 0.1) is 5.92 Å². The fourth-order valence-corrected chi connectivity index (χ4v) is 3.04. The predicted molar refractivity (Wildman–Crippen MR) is 76.4 cm³/mol. The van der Waals surface area contributed by atoms with Crippen molar-refractivity contribution in [3.63, 3.8) is 0 Å². The van der Waals surface area contributed by atoms with Gasteiger partial charge in [0.1, 0.15) is 0 Å². The second-order valence-electron chi connectivity index (χ2n) is 5.88. The van der Waals surface area contributed by atoms with Gasteiger partial charge in [-0.1, -0.05) is 20.3 Å². The first-order chi connectivity index (χ1) is 8.17. The molecule has 3 atom stereocenters. The molecule has 1 saturated heterocycles. The van der Waals surface area contributed by atoms with Crippen LogP contribution < -0.4 is 5.32 Å². The van der Waals surface area contributed by atoms with Gasteiger partial charge >= 0.3 is 0 Å². The fraction of sp³-hybridized carbons (Fsp3) is 1.00. The van der Waals surface area contributed by atoms with E-state index in [1.165, 1.54) is 45.2 Å². The molecule has 1 heterocycles. The molecule has 0 saturated carbocycles. The first kappa shape index (κ1) is 15.0. The Hall–Kier alpha value is -0.0800. The maximum absolute atomic E-state index is 3.60. The molecule has 1 fully saturated rings. The molecule has 0 amide bonds. The minimum atomic E-state index is 0.662. The van der Waals surface area contributed by atoms with Gasteiger partial charge < -0.3 is 10.2 Å². The highest BCUT2D eigenvalue weighted by Gasteiger charge is 2.25. The van der Waals surface area contributed by atoms with Gasteiger partial charge in [0.25, 0.3) is 0 Å². The SMILES string of the molecule is CCCNC(C)CC(C)N1CCC(CCC)C1. The van der Waals surface area contributed by atoms with Gasteiger partial charge in [-0.2, -0.15) is 0 Å². The third-order valence-corrected chi connectivity index (χ3v) is 4.08.